The molecule has 3 heterocycles. The first-order valence-corrected chi connectivity index (χ1v) is 6.69. The van der Waals surface area contributed by atoms with Crippen molar-refractivity contribution in [1.82, 2.24) is 14.6 Å². The molecule has 0 N–H and O–H groups in total. The Bertz CT molecular complexity index is 563. The molecule has 0 saturated carbocycles. The lowest BCUT2D eigenvalue weighted by atomic mass is 9.83. The van der Waals surface area contributed by atoms with Crippen molar-refractivity contribution in [3.8, 4) is 0 Å². The van der Waals surface area contributed by atoms with Gasteiger partial charge in [-0.15, -0.1) is 11.6 Å². The number of hydrogen-bond donors (Lipinski definition) is 0. The van der Waals surface area contributed by atoms with Crippen molar-refractivity contribution in [3.63, 3.8) is 0 Å². The molecule has 1 aliphatic heterocycles. The van der Waals surface area contributed by atoms with Crippen LogP contribution in [-0.4, -0.2) is 33.1 Å². The van der Waals surface area contributed by atoms with Crippen LogP contribution >= 0.6 is 11.6 Å². The Labute approximate surface area is 112 Å². The summed E-state index contributed by atoms with van der Waals surface area (Å²) in [5.41, 5.74) is 1.01. The fourth-order valence-electron chi connectivity index (χ4n) is 2.50. The van der Waals surface area contributed by atoms with Gasteiger partial charge in [-0.05, 0) is 17.9 Å². The van der Waals surface area contributed by atoms with Gasteiger partial charge in [0.25, 0.3) is 0 Å². The lowest BCUT2D eigenvalue weighted by Gasteiger charge is -2.42. The second kappa shape index (κ2) is 4.12. The monoisotopic (exact) mass is 264 g/mol. The van der Waals surface area contributed by atoms with Crippen molar-refractivity contribution in [1.29, 1.82) is 0 Å². The highest BCUT2D eigenvalue weighted by molar-refractivity contribution is 6.21. The molecule has 1 saturated heterocycles. The first-order chi connectivity index (χ1) is 8.56. The molecule has 1 atom stereocenters. The zero-order valence-electron chi connectivity index (χ0n) is 10.7. The van der Waals surface area contributed by atoms with Gasteiger partial charge in [-0.2, -0.15) is 5.10 Å². The zero-order valence-corrected chi connectivity index (χ0v) is 11.4. The molecule has 0 amide bonds. The number of halogens is 1. The van der Waals surface area contributed by atoms with Crippen LogP contribution in [-0.2, 0) is 0 Å². The third kappa shape index (κ3) is 1.94. The molecule has 1 aliphatic rings. The number of nitrogens with zero attached hydrogens (tertiary/aromatic N) is 4. The average Bonchev–Trinajstić information content (AvgIpc) is 2.79. The van der Waals surface area contributed by atoms with Crippen LogP contribution in [0.4, 0.5) is 5.82 Å². The van der Waals surface area contributed by atoms with Crippen molar-refractivity contribution in [3.05, 3.63) is 24.5 Å². The third-order valence-electron chi connectivity index (χ3n) is 3.67. The van der Waals surface area contributed by atoms with Gasteiger partial charge in [0.05, 0.1) is 6.20 Å². The smallest absolute Gasteiger partial charge is 0.157 e. The van der Waals surface area contributed by atoms with Crippen LogP contribution < -0.4 is 4.90 Å². The van der Waals surface area contributed by atoms with E-state index in [1.165, 1.54) is 0 Å². The van der Waals surface area contributed by atoms with Crippen molar-refractivity contribution >= 4 is 23.1 Å². The molecule has 2 aromatic rings. The van der Waals surface area contributed by atoms with Gasteiger partial charge < -0.3 is 4.90 Å². The van der Waals surface area contributed by atoms with E-state index in [4.69, 9.17) is 11.6 Å². The second-order valence-corrected chi connectivity index (χ2v) is 6.11. The van der Waals surface area contributed by atoms with Crippen molar-refractivity contribution in [2.75, 3.05) is 18.0 Å². The molecule has 0 spiro atoms. The van der Waals surface area contributed by atoms with Gasteiger partial charge in [0.2, 0.25) is 0 Å². The summed E-state index contributed by atoms with van der Waals surface area (Å²) in [5, 5.41) is 4.40. The average molecular weight is 265 g/mol. The molecule has 1 fully saturated rings. The highest BCUT2D eigenvalue weighted by Gasteiger charge is 2.35. The zero-order chi connectivity index (χ0) is 12.8. The Kier molecular flexibility index (Phi) is 2.70. The Morgan fingerprint density at radius 3 is 3.00 bits per heavy atom. The minimum Gasteiger partial charge on any atom is -0.356 e. The number of piperidine rings is 1. The van der Waals surface area contributed by atoms with Crippen LogP contribution in [0.5, 0.6) is 0 Å². The molecular formula is C13H17ClN4. The van der Waals surface area contributed by atoms with Crippen LogP contribution in [0, 0.1) is 5.41 Å². The summed E-state index contributed by atoms with van der Waals surface area (Å²) in [6.45, 7) is 6.34. The number of hydrogen-bond acceptors (Lipinski definition) is 3. The molecule has 4 nitrogen and oxygen atoms in total. The van der Waals surface area contributed by atoms with Crippen LogP contribution in [0.1, 0.15) is 20.3 Å². The van der Waals surface area contributed by atoms with Gasteiger partial charge in [0.1, 0.15) is 5.82 Å². The van der Waals surface area contributed by atoms with Crippen molar-refractivity contribution in [2.24, 2.45) is 5.41 Å². The molecule has 3 rings (SSSR count). The maximum absolute atomic E-state index is 6.38. The normalized spacial score (nSPS) is 23.5. The molecule has 2 aromatic heterocycles. The highest BCUT2D eigenvalue weighted by Crippen LogP contribution is 2.34. The lowest BCUT2D eigenvalue weighted by molar-refractivity contribution is 0.299. The summed E-state index contributed by atoms with van der Waals surface area (Å²) in [6.07, 6.45) is 4.72. The first-order valence-electron chi connectivity index (χ1n) is 6.26. The van der Waals surface area contributed by atoms with E-state index in [1.54, 1.807) is 10.7 Å². The van der Waals surface area contributed by atoms with Gasteiger partial charge in [0.15, 0.2) is 5.65 Å². The molecule has 18 heavy (non-hydrogen) atoms. The number of alkyl halides is 1. The fourth-order valence-corrected chi connectivity index (χ4v) is 2.67. The van der Waals surface area contributed by atoms with Crippen LogP contribution in [0.15, 0.2) is 24.5 Å². The largest absolute Gasteiger partial charge is 0.356 e. The Hall–Kier alpha value is -1.29. The maximum atomic E-state index is 6.38. The number of aromatic nitrogens is 3. The van der Waals surface area contributed by atoms with Gasteiger partial charge in [-0.3, -0.25) is 0 Å². The van der Waals surface area contributed by atoms with E-state index < -0.39 is 0 Å². The lowest BCUT2D eigenvalue weighted by Crippen LogP contribution is -2.46. The molecule has 0 radical (unpaired) electrons. The standard InChI is InChI=1S/C13H17ClN4/c1-13(2)9-17(7-4-10(13)14)11-5-8-18-12(16-11)3-6-15-18/h3,5-6,8,10H,4,7,9H2,1-2H3. The van der Waals surface area contributed by atoms with Crippen molar-refractivity contribution in [2.45, 2.75) is 25.6 Å². The SMILES string of the molecule is CC1(C)CN(c2ccn3nccc3n2)CCC1Cl. The summed E-state index contributed by atoms with van der Waals surface area (Å²) in [5.74, 6) is 1.01. The molecule has 5 heteroatoms. The maximum Gasteiger partial charge on any atom is 0.157 e. The van der Waals surface area contributed by atoms with Gasteiger partial charge >= 0.3 is 0 Å². The Morgan fingerprint density at radius 2 is 2.22 bits per heavy atom. The predicted molar refractivity (Wildman–Crippen MR) is 73.2 cm³/mol. The highest BCUT2D eigenvalue weighted by atomic mass is 35.5. The van der Waals surface area contributed by atoms with E-state index >= 15 is 0 Å². The Morgan fingerprint density at radius 1 is 1.39 bits per heavy atom. The van der Waals surface area contributed by atoms with Gasteiger partial charge in [-0.25, -0.2) is 9.50 Å². The van der Waals surface area contributed by atoms with Crippen LogP contribution in [0.3, 0.4) is 0 Å². The summed E-state index contributed by atoms with van der Waals surface area (Å²) in [6, 6.07) is 3.94. The number of rotatable bonds is 1. The van der Waals surface area contributed by atoms with E-state index in [1.807, 2.05) is 18.3 Å². The van der Waals surface area contributed by atoms with E-state index in [-0.39, 0.29) is 10.8 Å². The molecule has 0 aromatic carbocycles. The van der Waals surface area contributed by atoms with Crippen molar-refractivity contribution < 1.29 is 0 Å². The predicted octanol–water partition coefficient (Wildman–Crippen LogP) is 2.57. The minimum absolute atomic E-state index is 0.119. The third-order valence-corrected chi connectivity index (χ3v) is 4.48. The van der Waals surface area contributed by atoms with E-state index in [9.17, 15) is 0 Å². The summed E-state index contributed by atoms with van der Waals surface area (Å²) < 4.78 is 1.78. The minimum atomic E-state index is 0.119. The second-order valence-electron chi connectivity index (χ2n) is 5.59. The Balaban J connectivity index is 1.90. The van der Waals surface area contributed by atoms with E-state index in [0.29, 0.717) is 0 Å². The fraction of sp³-hybridized carbons (Fsp3) is 0.538. The molecule has 0 aliphatic carbocycles. The number of anilines is 1. The quantitative estimate of drug-likeness (QED) is 0.743. The summed E-state index contributed by atoms with van der Waals surface area (Å²) in [4.78, 5) is 6.94. The number of fused-ring (bicyclic) bond motifs is 1. The first kappa shape index (κ1) is 11.8. The van der Waals surface area contributed by atoms with Gasteiger partial charge in [-0.1, -0.05) is 13.8 Å². The van der Waals surface area contributed by atoms with Gasteiger partial charge in [0, 0.05) is 30.7 Å². The summed E-state index contributed by atoms with van der Waals surface area (Å²) >= 11 is 6.38. The van der Waals surface area contributed by atoms with E-state index in [2.05, 4.69) is 28.8 Å². The molecule has 1 unspecified atom stereocenters. The van der Waals surface area contributed by atoms with E-state index in [0.717, 1.165) is 31.0 Å². The molecular weight excluding hydrogens is 248 g/mol. The van der Waals surface area contributed by atoms with Crippen LogP contribution in [0.25, 0.3) is 5.65 Å². The molecule has 0 bridgehead atoms. The van der Waals surface area contributed by atoms with Crippen LogP contribution in [0.2, 0.25) is 0 Å². The topological polar surface area (TPSA) is 33.4 Å². The molecule has 96 valence electrons. The summed E-state index contributed by atoms with van der Waals surface area (Å²) in [7, 11) is 0.